The number of carboxylic acids is 1. The molecule has 0 saturated heterocycles. The fourth-order valence-electron chi connectivity index (χ4n) is 1.38. The molecule has 138 valence electrons. The summed E-state index contributed by atoms with van der Waals surface area (Å²) in [6.45, 7) is 1.79. The molecule has 0 aromatic rings. The minimum atomic E-state index is -1.79. The van der Waals surface area contributed by atoms with Gasteiger partial charge in [0.15, 0.2) is 6.29 Å². The Morgan fingerprint density at radius 3 is 2.04 bits per heavy atom. The van der Waals surface area contributed by atoms with Gasteiger partial charge < -0.3 is 45.9 Å². The Kier molecular flexibility index (Phi) is 15.2. The second kappa shape index (κ2) is 14.5. The number of aliphatic hydroxyl groups is 6. The Hall–Kier alpha value is -1.14. The van der Waals surface area contributed by atoms with E-state index < -0.39 is 43.0 Å². The normalized spacial score (nSPS) is 17.2. The van der Waals surface area contributed by atoms with Crippen LogP contribution in [0.4, 0.5) is 0 Å². The quantitative estimate of drug-likeness (QED) is 0.175. The van der Waals surface area contributed by atoms with Crippen molar-refractivity contribution < 1.29 is 45.3 Å². The topological polar surface area (TPSA) is 188 Å². The zero-order valence-corrected chi connectivity index (χ0v) is 12.9. The lowest BCUT2D eigenvalue weighted by atomic mass is 10.0. The fourth-order valence-corrected chi connectivity index (χ4v) is 1.38. The van der Waals surface area contributed by atoms with Gasteiger partial charge in [-0.1, -0.05) is 6.92 Å². The van der Waals surface area contributed by atoms with Gasteiger partial charge in [-0.25, -0.2) is 0 Å². The molecule has 0 amide bonds. The maximum atomic E-state index is 10.4. The molecule has 0 aliphatic carbocycles. The molecular weight excluding hydrogens is 314 g/mol. The van der Waals surface area contributed by atoms with Crippen LogP contribution in [-0.2, 0) is 9.59 Å². The van der Waals surface area contributed by atoms with E-state index in [-0.39, 0.29) is 19.3 Å². The van der Waals surface area contributed by atoms with Gasteiger partial charge in [-0.05, 0) is 19.4 Å². The highest BCUT2D eigenvalue weighted by Gasteiger charge is 2.29. The van der Waals surface area contributed by atoms with E-state index in [1.165, 1.54) is 0 Å². The van der Waals surface area contributed by atoms with Crippen LogP contribution in [0.5, 0.6) is 0 Å². The van der Waals surface area contributed by atoms with Crippen molar-refractivity contribution in [1.82, 2.24) is 5.32 Å². The van der Waals surface area contributed by atoms with Gasteiger partial charge in [-0.2, -0.15) is 0 Å². The number of rotatable bonds is 11. The summed E-state index contributed by atoms with van der Waals surface area (Å²) in [5, 5.41) is 63.4. The molecule has 5 atom stereocenters. The molecule has 8 N–H and O–H groups in total. The predicted octanol–water partition coefficient (Wildman–Crippen LogP) is -3.56. The summed E-state index contributed by atoms with van der Waals surface area (Å²) < 4.78 is 0. The Bertz CT molecular complexity index is 316. The molecule has 5 unspecified atom stereocenters. The molecule has 0 spiro atoms. The van der Waals surface area contributed by atoms with E-state index in [1.807, 2.05) is 6.92 Å². The van der Waals surface area contributed by atoms with E-state index in [1.54, 1.807) is 0 Å². The third-order valence-electron chi connectivity index (χ3n) is 2.78. The summed E-state index contributed by atoms with van der Waals surface area (Å²) in [4.78, 5) is 20.3. The molecule has 0 rings (SSSR count). The molecule has 0 aliphatic heterocycles. The average molecular weight is 341 g/mol. The predicted molar refractivity (Wildman–Crippen MR) is 78.6 cm³/mol. The lowest BCUT2D eigenvalue weighted by molar-refractivity contribution is -0.140. The van der Waals surface area contributed by atoms with Crippen molar-refractivity contribution >= 4 is 12.3 Å². The molecule has 0 aliphatic rings. The molecule has 23 heavy (non-hydrogen) atoms. The number of hydrogen-bond acceptors (Lipinski definition) is 9. The summed E-state index contributed by atoms with van der Waals surface area (Å²) >= 11 is 0. The van der Waals surface area contributed by atoms with Crippen molar-refractivity contribution in [2.45, 2.75) is 50.2 Å². The van der Waals surface area contributed by atoms with Crippen molar-refractivity contribution in [3.05, 3.63) is 0 Å². The lowest BCUT2D eigenvalue weighted by Gasteiger charge is -2.22. The molecule has 0 heterocycles. The second-order valence-electron chi connectivity index (χ2n) is 4.72. The number of hydrogen-bond donors (Lipinski definition) is 8. The van der Waals surface area contributed by atoms with Crippen molar-refractivity contribution in [3.63, 3.8) is 0 Å². The van der Waals surface area contributed by atoms with Crippen molar-refractivity contribution in [1.29, 1.82) is 0 Å². The lowest BCUT2D eigenvalue weighted by Crippen LogP contribution is -2.46. The van der Waals surface area contributed by atoms with Crippen LogP contribution < -0.4 is 5.32 Å². The molecular formula is C13H27NO9. The van der Waals surface area contributed by atoms with Gasteiger partial charge in [-0.3, -0.25) is 4.79 Å². The SMILES string of the molecule is CCCNC(CCO)C(=O)O.O=CC(O)C(O)C(O)C(O)CO. The van der Waals surface area contributed by atoms with Crippen LogP contribution in [0.1, 0.15) is 19.8 Å². The van der Waals surface area contributed by atoms with Gasteiger partial charge in [0.05, 0.1) is 6.61 Å². The fraction of sp³-hybridized carbons (Fsp3) is 0.846. The third-order valence-corrected chi connectivity index (χ3v) is 2.78. The summed E-state index contributed by atoms with van der Waals surface area (Å²) in [6, 6.07) is -0.597. The number of carboxylic acid groups (broad SMARTS) is 1. The van der Waals surface area contributed by atoms with Crippen LogP contribution in [0.25, 0.3) is 0 Å². The summed E-state index contributed by atoms with van der Waals surface area (Å²) in [5.41, 5.74) is 0. The van der Waals surface area contributed by atoms with Crippen molar-refractivity contribution in [2.24, 2.45) is 0 Å². The Labute approximate surface area is 134 Å². The van der Waals surface area contributed by atoms with Crippen LogP contribution in [0.15, 0.2) is 0 Å². The smallest absolute Gasteiger partial charge is 0.320 e. The van der Waals surface area contributed by atoms with Crippen LogP contribution in [-0.4, -0.2) is 98.2 Å². The molecule has 0 aromatic heterocycles. The Morgan fingerprint density at radius 2 is 1.70 bits per heavy atom. The van der Waals surface area contributed by atoms with Gasteiger partial charge in [0.2, 0.25) is 0 Å². The molecule has 0 radical (unpaired) electrons. The first-order valence-electron chi connectivity index (χ1n) is 7.12. The maximum absolute atomic E-state index is 10.4. The zero-order valence-electron chi connectivity index (χ0n) is 12.9. The number of aliphatic carboxylic acids is 1. The Morgan fingerprint density at radius 1 is 1.13 bits per heavy atom. The first-order chi connectivity index (χ1) is 10.8. The number of nitrogens with one attached hydrogen (secondary N) is 1. The van der Waals surface area contributed by atoms with Crippen molar-refractivity contribution in [2.75, 3.05) is 19.8 Å². The highest BCUT2D eigenvalue weighted by molar-refractivity contribution is 5.73. The molecule has 0 bridgehead atoms. The first-order valence-corrected chi connectivity index (χ1v) is 7.12. The number of carbonyl (C=O) groups is 2. The monoisotopic (exact) mass is 341 g/mol. The van der Waals surface area contributed by atoms with Gasteiger partial charge in [0.25, 0.3) is 0 Å². The average Bonchev–Trinajstić information content (AvgIpc) is 2.55. The highest BCUT2D eigenvalue weighted by Crippen LogP contribution is 2.02. The van der Waals surface area contributed by atoms with Crippen molar-refractivity contribution in [3.8, 4) is 0 Å². The molecule has 10 heteroatoms. The third kappa shape index (κ3) is 11.1. The molecule has 0 fully saturated rings. The highest BCUT2D eigenvalue weighted by atomic mass is 16.4. The van der Waals surface area contributed by atoms with Gasteiger partial charge >= 0.3 is 5.97 Å². The number of aliphatic hydroxyl groups excluding tert-OH is 6. The summed E-state index contributed by atoms with van der Waals surface area (Å²) in [7, 11) is 0. The van der Waals surface area contributed by atoms with Gasteiger partial charge in [0, 0.05) is 6.61 Å². The van der Waals surface area contributed by atoms with Gasteiger partial charge in [0.1, 0.15) is 30.5 Å². The minimum Gasteiger partial charge on any atom is -0.480 e. The van der Waals surface area contributed by atoms with E-state index in [2.05, 4.69) is 5.32 Å². The second-order valence-corrected chi connectivity index (χ2v) is 4.72. The van der Waals surface area contributed by atoms with E-state index in [0.29, 0.717) is 6.54 Å². The summed E-state index contributed by atoms with van der Waals surface area (Å²) in [5.74, 6) is -0.896. The summed E-state index contributed by atoms with van der Waals surface area (Å²) in [6.07, 6.45) is -5.67. The van der Waals surface area contributed by atoms with E-state index in [0.717, 1.165) is 6.42 Å². The van der Waals surface area contributed by atoms with Crippen LogP contribution in [0, 0.1) is 0 Å². The first kappa shape index (κ1) is 24.1. The van der Waals surface area contributed by atoms with Crippen LogP contribution in [0.2, 0.25) is 0 Å². The number of aldehydes is 1. The Balaban J connectivity index is 0. The minimum absolute atomic E-state index is 0.0258. The zero-order chi connectivity index (χ0) is 18.4. The van der Waals surface area contributed by atoms with E-state index in [4.69, 9.17) is 35.7 Å². The van der Waals surface area contributed by atoms with E-state index >= 15 is 0 Å². The largest absolute Gasteiger partial charge is 0.480 e. The van der Waals surface area contributed by atoms with Crippen LogP contribution >= 0.6 is 0 Å². The maximum Gasteiger partial charge on any atom is 0.320 e. The number of carbonyl (C=O) groups excluding carboxylic acids is 1. The molecule has 0 aromatic carbocycles. The standard InChI is InChI=1S/C7H15NO3.C6H12O6/c1-2-4-8-6(3-5-9)7(10)11;7-1-3(9)5(11)6(12)4(10)2-8/h6,8-9H,2-5H2,1H3,(H,10,11);1,3-6,8-12H,2H2. The van der Waals surface area contributed by atoms with Gasteiger partial charge in [-0.15, -0.1) is 0 Å². The molecule has 10 nitrogen and oxygen atoms in total. The van der Waals surface area contributed by atoms with Crippen LogP contribution in [0.3, 0.4) is 0 Å². The van der Waals surface area contributed by atoms with E-state index in [9.17, 15) is 9.59 Å². The molecule has 0 saturated carbocycles.